The molecule has 1 atom stereocenters. The van der Waals surface area contributed by atoms with Crippen LogP contribution in [-0.4, -0.2) is 32.2 Å². The number of unbranched alkanes of at least 4 members (excludes halogenated alkanes) is 9. The van der Waals surface area contributed by atoms with Gasteiger partial charge >= 0.3 is 0 Å². The normalized spacial score (nSPS) is 11.8. The number of methoxy groups -OCH3 is 1. The van der Waals surface area contributed by atoms with E-state index in [1.54, 1.807) is 7.11 Å². The van der Waals surface area contributed by atoms with Crippen LogP contribution in [0.15, 0.2) is 0 Å². The average molecular weight is 323 g/mol. The molecule has 3 N–H and O–H groups in total. The zero-order chi connectivity index (χ0) is 15.1. The summed E-state index contributed by atoms with van der Waals surface area (Å²) >= 11 is 0. The quantitative estimate of drug-likeness (QED) is 0.482. The molecule has 0 rings (SSSR count). The maximum absolute atomic E-state index is 11.5. The van der Waals surface area contributed by atoms with Crippen molar-refractivity contribution < 1.29 is 9.53 Å². The number of halogens is 1. The minimum atomic E-state index is -0.539. The summed E-state index contributed by atoms with van der Waals surface area (Å²) in [5, 5.41) is 2.85. The van der Waals surface area contributed by atoms with Crippen molar-refractivity contribution >= 4 is 18.3 Å². The van der Waals surface area contributed by atoms with Crippen LogP contribution in [-0.2, 0) is 9.53 Å². The van der Waals surface area contributed by atoms with Crippen molar-refractivity contribution in [3.05, 3.63) is 0 Å². The van der Waals surface area contributed by atoms with Gasteiger partial charge in [0, 0.05) is 13.7 Å². The fourth-order valence-corrected chi connectivity index (χ4v) is 2.21. The van der Waals surface area contributed by atoms with Crippen molar-refractivity contribution in [1.82, 2.24) is 5.32 Å². The lowest BCUT2D eigenvalue weighted by Crippen LogP contribution is -2.43. The molecule has 0 saturated heterocycles. The number of hydrogen-bond acceptors (Lipinski definition) is 3. The molecule has 1 unspecified atom stereocenters. The maximum Gasteiger partial charge on any atom is 0.239 e. The predicted octanol–water partition coefficient (Wildman–Crippen LogP) is 3.42. The number of carbonyl (C=O) groups is 1. The molecule has 0 aliphatic carbocycles. The molecular weight excluding hydrogens is 288 g/mol. The summed E-state index contributed by atoms with van der Waals surface area (Å²) in [6.07, 6.45) is 13.0. The Hall–Kier alpha value is -0.320. The molecule has 0 aromatic heterocycles. The molecule has 0 aromatic rings. The van der Waals surface area contributed by atoms with E-state index in [0.29, 0.717) is 0 Å². The lowest BCUT2D eigenvalue weighted by Gasteiger charge is -2.10. The van der Waals surface area contributed by atoms with Crippen LogP contribution in [0.5, 0.6) is 0 Å². The van der Waals surface area contributed by atoms with Crippen molar-refractivity contribution in [3.63, 3.8) is 0 Å². The summed E-state index contributed by atoms with van der Waals surface area (Å²) in [5.74, 6) is -0.109. The smallest absolute Gasteiger partial charge is 0.239 e. The van der Waals surface area contributed by atoms with Gasteiger partial charge in [-0.25, -0.2) is 0 Å². The molecule has 4 nitrogen and oxygen atoms in total. The second-order valence-electron chi connectivity index (χ2n) is 5.53. The fourth-order valence-electron chi connectivity index (χ4n) is 2.21. The van der Waals surface area contributed by atoms with Gasteiger partial charge in [0.25, 0.3) is 0 Å². The molecule has 0 heterocycles. The van der Waals surface area contributed by atoms with Gasteiger partial charge in [0.15, 0.2) is 0 Å². The van der Waals surface area contributed by atoms with E-state index in [2.05, 4.69) is 12.2 Å². The van der Waals surface area contributed by atoms with Crippen LogP contribution in [0.3, 0.4) is 0 Å². The van der Waals surface area contributed by atoms with Crippen LogP contribution >= 0.6 is 12.4 Å². The van der Waals surface area contributed by atoms with Gasteiger partial charge in [-0.15, -0.1) is 12.4 Å². The van der Waals surface area contributed by atoms with Crippen LogP contribution in [0.25, 0.3) is 0 Å². The van der Waals surface area contributed by atoms with E-state index >= 15 is 0 Å². The first-order chi connectivity index (χ1) is 9.72. The molecule has 0 aromatic carbocycles. The van der Waals surface area contributed by atoms with Crippen LogP contribution in [0.1, 0.15) is 71.1 Å². The molecule has 0 aliphatic rings. The first kappa shape index (κ1) is 23.0. The second-order valence-corrected chi connectivity index (χ2v) is 5.53. The van der Waals surface area contributed by atoms with Gasteiger partial charge in [0.1, 0.15) is 6.04 Å². The third kappa shape index (κ3) is 15.9. The lowest BCUT2D eigenvalue weighted by molar-refractivity contribution is -0.123. The van der Waals surface area contributed by atoms with Gasteiger partial charge in [-0.3, -0.25) is 4.79 Å². The fraction of sp³-hybridized carbons (Fsp3) is 0.938. The molecule has 0 aliphatic heterocycles. The number of hydrogen-bond donors (Lipinski definition) is 2. The number of nitrogens with one attached hydrogen (secondary N) is 1. The number of ether oxygens (including phenoxy) is 1. The van der Waals surface area contributed by atoms with Crippen LogP contribution < -0.4 is 11.1 Å². The van der Waals surface area contributed by atoms with Gasteiger partial charge in [-0.05, 0) is 6.42 Å². The predicted molar refractivity (Wildman–Crippen MR) is 92.0 cm³/mol. The van der Waals surface area contributed by atoms with E-state index in [1.807, 2.05) is 0 Å². The highest BCUT2D eigenvalue weighted by Crippen LogP contribution is 2.10. The Morgan fingerprint density at radius 2 is 1.48 bits per heavy atom. The summed E-state index contributed by atoms with van der Waals surface area (Å²) in [6.45, 7) is 3.26. The van der Waals surface area contributed by atoms with E-state index in [9.17, 15) is 4.79 Å². The molecular formula is C16H35ClN2O2. The van der Waals surface area contributed by atoms with Crippen molar-refractivity contribution in [2.24, 2.45) is 5.73 Å². The summed E-state index contributed by atoms with van der Waals surface area (Å²) < 4.78 is 4.85. The lowest BCUT2D eigenvalue weighted by atomic mass is 10.1. The largest absolute Gasteiger partial charge is 0.383 e. The highest BCUT2D eigenvalue weighted by Gasteiger charge is 2.11. The summed E-state index contributed by atoms with van der Waals surface area (Å²) in [4.78, 5) is 11.5. The molecule has 1 amide bonds. The van der Waals surface area contributed by atoms with E-state index in [0.717, 1.165) is 13.0 Å². The summed E-state index contributed by atoms with van der Waals surface area (Å²) in [5.41, 5.74) is 5.62. The van der Waals surface area contributed by atoms with Crippen LogP contribution in [0.2, 0.25) is 0 Å². The monoisotopic (exact) mass is 322 g/mol. The second kappa shape index (κ2) is 17.7. The Morgan fingerprint density at radius 3 is 1.95 bits per heavy atom. The highest BCUT2D eigenvalue weighted by atomic mass is 35.5. The van der Waals surface area contributed by atoms with Crippen molar-refractivity contribution in [2.75, 3.05) is 20.3 Å². The van der Waals surface area contributed by atoms with E-state index < -0.39 is 6.04 Å². The van der Waals surface area contributed by atoms with E-state index in [1.165, 1.54) is 57.8 Å². The van der Waals surface area contributed by atoms with Gasteiger partial charge in [-0.1, -0.05) is 64.7 Å². The molecule has 0 fully saturated rings. The minimum absolute atomic E-state index is 0. The average Bonchev–Trinajstić information content (AvgIpc) is 2.44. The van der Waals surface area contributed by atoms with Crippen molar-refractivity contribution in [1.29, 1.82) is 0 Å². The third-order valence-electron chi connectivity index (χ3n) is 3.51. The first-order valence-corrected chi connectivity index (χ1v) is 8.24. The Bertz CT molecular complexity index is 228. The van der Waals surface area contributed by atoms with Crippen LogP contribution in [0, 0.1) is 0 Å². The van der Waals surface area contributed by atoms with Gasteiger partial charge in [0.2, 0.25) is 5.91 Å². The number of amides is 1. The van der Waals surface area contributed by atoms with Gasteiger partial charge < -0.3 is 15.8 Å². The SMILES string of the molecule is CCCCCCCCCCCCNC(=O)C(N)COC.Cl. The standard InChI is InChI=1S/C16H34N2O2.ClH/c1-3-4-5-6-7-8-9-10-11-12-13-18-16(19)15(17)14-20-2;/h15H,3-14,17H2,1-2H3,(H,18,19);1H. The number of carbonyl (C=O) groups excluding carboxylic acids is 1. The highest BCUT2D eigenvalue weighted by molar-refractivity contribution is 5.85. The van der Waals surface area contributed by atoms with Crippen molar-refractivity contribution in [2.45, 2.75) is 77.2 Å². The van der Waals surface area contributed by atoms with Gasteiger partial charge in [0.05, 0.1) is 6.61 Å². The summed E-state index contributed by atoms with van der Waals surface area (Å²) in [7, 11) is 1.55. The molecule has 5 heteroatoms. The van der Waals surface area contributed by atoms with E-state index in [4.69, 9.17) is 10.5 Å². The Morgan fingerprint density at radius 1 is 1.00 bits per heavy atom. The molecule has 21 heavy (non-hydrogen) atoms. The van der Waals surface area contributed by atoms with Crippen molar-refractivity contribution in [3.8, 4) is 0 Å². The zero-order valence-corrected chi connectivity index (χ0v) is 14.7. The third-order valence-corrected chi connectivity index (χ3v) is 3.51. The molecule has 128 valence electrons. The molecule has 0 saturated carbocycles. The minimum Gasteiger partial charge on any atom is -0.383 e. The Kier molecular flexibility index (Phi) is 19.4. The Labute approximate surface area is 137 Å². The molecule has 0 spiro atoms. The Balaban J connectivity index is 0. The number of rotatable bonds is 14. The van der Waals surface area contributed by atoms with Gasteiger partial charge in [-0.2, -0.15) is 0 Å². The number of nitrogens with two attached hydrogens (primary N) is 1. The topological polar surface area (TPSA) is 64.4 Å². The first-order valence-electron chi connectivity index (χ1n) is 8.24. The van der Waals surface area contributed by atoms with Crippen LogP contribution in [0.4, 0.5) is 0 Å². The molecule has 0 bridgehead atoms. The summed E-state index contributed by atoms with van der Waals surface area (Å²) in [6, 6.07) is -0.539. The molecule has 0 radical (unpaired) electrons. The zero-order valence-electron chi connectivity index (χ0n) is 13.9. The van der Waals surface area contributed by atoms with E-state index in [-0.39, 0.29) is 24.9 Å². The maximum atomic E-state index is 11.5.